The van der Waals surface area contributed by atoms with Gasteiger partial charge in [-0.25, -0.2) is 0 Å². The minimum absolute atomic E-state index is 0.834. The summed E-state index contributed by atoms with van der Waals surface area (Å²) in [6.07, 6.45) is 0. The van der Waals surface area contributed by atoms with E-state index in [1.165, 1.54) is 60.6 Å². The van der Waals surface area contributed by atoms with E-state index in [1.807, 2.05) is 108 Å². The van der Waals surface area contributed by atoms with Gasteiger partial charge in [0.15, 0.2) is 0 Å². The zero-order valence-corrected chi connectivity index (χ0v) is 57.5. The Morgan fingerprint density at radius 3 is 1.11 bits per heavy atom. The molecule has 0 aliphatic heterocycles. The molecule has 0 fully saturated rings. The van der Waals surface area contributed by atoms with Gasteiger partial charge in [-0.15, -0.1) is 22.7 Å². The number of nitrogens with zero attached hydrogens (tertiary/aromatic N) is 2. The van der Waals surface area contributed by atoms with E-state index in [4.69, 9.17) is 5.73 Å². The summed E-state index contributed by atoms with van der Waals surface area (Å²) in [6.45, 7) is 6.35. The predicted octanol–water partition coefficient (Wildman–Crippen LogP) is 26.2. The van der Waals surface area contributed by atoms with E-state index in [2.05, 4.69) is 332 Å². The zero-order chi connectivity index (χ0) is 62.9. The van der Waals surface area contributed by atoms with Gasteiger partial charge in [-0.1, -0.05) is 177 Å². The highest BCUT2D eigenvalue weighted by atomic mass is 127. The normalized spacial score (nSPS) is 10.6. The third kappa shape index (κ3) is 17.3. The molecule has 0 spiro atoms. The van der Waals surface area contributed by atoms with E-state index in [0.717, 1.165) is 71.5 Å². The van der Waals surface area contributed by atoms with E-state index >= 15 is 0 Å². The summed E-state index contributed by atoms with van der Waals surface area (Å²) in [5.41, 5.74) is 21.6. The first-order valence-corrected chi connectivity index (χ1v) is 34.1. The molecule has 15 aromatic rings. The van der Waals surface area contributed by atoms with E-state index in [9.17, 15) is 0 Å². The Labute approximate surface area is 572 Å². The number of nitrogens with two attached hydrogens (primary N) is 1. The highest BCUT2D eigenvalue weighted by Gasteiger charge is 2.15. The highest BCUT2D eigenvalue weighted by molar-refractivity contribution is 14.1. The lowest BCUT2D eigenvalue weighted by Gasteiger charge is -2.26. The largest absolute Gasteiger partial charge is 0.399 e. The summed E-state index contributed by atoms with van der Waals surface area (Å²) in [5, 5.41) is 12.2. The summed E-state index contributed by atoms with van der Waals surface area (Å²) < 4.78 is 8.80. The SMILES string of the molecule is Cc1cc(Br)cc(I)c1.Cc1cc(Br)cc(N(c2ccccc2)c2ccccc2)c1.Cc1cc(Nc2ccc3sc4ccccc4c3c2)cc(N(c2ccccc2)c2ccccc2)c1.Nc1ccc2sc3ccccc3c2c1.c1ccc(Nc2ccccc2)cc1. The molecule has 0 saturated heterocycles. The number of para-hydroxylation sites is 6. The molecule has 13 aromatic carbocycles. The minimum Gasteiger partial charge on any atom is -0.399 e. The topological polar surface area (TPSA) is 56.6 Å². The van der Waals surface area contributed by atoms with Gasteiger partial charge in [0.05, 0.1) is 0 Å². The van der Waals surface area contributed by atoms with Crippen LogP contribution in [0.2, 0.25) is 0 Å². The lowest BCUT2D eigenvalue weighted by atomic mass is 10.1. The van der Waals surface area contributed by atoms with Crippen molar-refractivity contribution in [3.63, 3.8) is 0 Å². The molecule has 0 atom stereocenters. The Balaban J connectivity index is 0.000000127. The number of aryl methyl sites for hydroxylation is 3. The Kier molecular flexibility index (Phi) is 21.8. The van der Waals surface area contributed by atoms with Crippen LogP contribution in [0.25, 0.3) is 40.3 Å². The summed E-state index contributed by atoms with van der Waals surface area (Å²) in [5.74, 6) is 0. The lowest BCUT2D eigenvalue weighted by molar-refractivity contribution is 1.27. The lowest BCUT2D eigenvalue weighted by Crippen LogP contribution is -2.10. The van der Waals surface area contributed by atoms with Crippen molar-refractivity contribution >= 4 is 180 Å². The second kappa shape index (κ2) is 31.1. The van der Waals surface area contributed by atoms with Crippen molar-refractivity contribution in [2.24, 2.45) is 0 Å². The average Bonchev–Trinajstić information content (AvgIpc) is 1.87. The third-order valence-corrected chi connectivity index (χ3v) is 18.4. The molecule has 0 amide bonds. The summed E-state index contributed by atoms with van der Waals surface area (Å²) in [7, 11) is 0. The van der Waals surface area contributed by atoms with Crippen LogP contribution in [-0.4, -0.2) is 0 Å². The molecule has 0 aliphatic rings. The third-order valence-electron chi connectivity index (χ3n) is 14.6. The van der Waals surface area contributed by atoms with Crippen molar-refractivity contribution in [2.45, 2.75) is 20.8 Å². The van der Waals surface area contributed by atoms with E-state index in [-0.39, 0.29) is 0 Å². The molecule has 15 rings (SSSR count). The summed E-state index contributed by atoms with van der Waals surface area (Å²) in [6, 6.07) is 111. The predicted molar refractivity (Wildman–Crippen MR) is 414 cm³/mol. The number of hydrogen-bond donors (Lipinski definition) is 3. The second-order valence-electron chi connectivity index (χ2n) is 21.6. The van der Waals surface area contributed by atoms with Crippen LogP contribution in [0.1, 0.15) is 16.7 Å². The van der Waals surface area contributed by atoms with Crippen LogP contribution >= 0.6 is 77.1 Å². The smallest absolute Gasteiger partial charge is 0.0484 e. The molecule has 0 unspecified atom stereocenters. The van der Waals surface area contributed by atoms with Gasteiger partial charge in [-0.05, 0) is 236 Å². The molecule has 0 aliphatic carbocycles. The van der Waals surface area contributed by atoms with Crippen LogP contribution in [0.5, 0.6) is 0 Å². The maximum Gasteiger partial charge on any atom is 0.0484 e. The minimum atomic E-state index is 0.834. The molecule has 0 radical (unpaired) electrons. The first kappa shape index (κ1) is 63.6. The fourth-order valence-corrected chi connectivity index (χ4v) is 15.3. The van der Waals surface area contributed by atoms with Gasteiger partial charge in [-0.2, -0.15) is 0 Å². The van der Waals surface area contributed by atoms with Crippen molar-refractivity contribution in [1.82, 2.24) is 0 Å². The first-order valence-electron chi connectivity index (χ1n) is 29.8. The van der Waals surface area contributed by atoms with Crippen molar-refractivity contribution in [1.29, 1.82) is 0 Å². The molecule has 2 aromatic heterocycles. The van der Waals surface area contributed by atoms with Gasteiger partial charge in [0.25, 0.3) is 0 Å². The van der Waals surface area contributed by atoms with Gasteiger partial charge < -0.3 is 26.2 Å². The maximum absolute atomic E-state index is 5.78. The number of halogens is 3. The Hall–Kier alpha value is -9.01. The van der Waals surface area contributed by atoms with Gasteiger partial charge >= 0.3 is 0 Å². The molecular weight excluding hydrogens is 1390 g/mol. The van der Waals surface area contributed by atoms with E-state index < -0.39 is 0 Å². The van der Waals surface area contributed by atoms with Crippen LogP contribution in [0, 0.1) is 24.3 Å². The molecule has 10 heteroatoms. The van der Waals surface area contributed by atoms with Crippen molar-refractivity contribution in [2.75, 3.05) is 26.2 Å². The van der Waals surface area contributed by atoms with Gasteiger partial charge in [0.2, 0.25) is 0 Å². The molecular formula is C81H66Br2IN5S2. The van der Waals surface area contributed by atoms with Crippen LogP contribution in [0.3, 0.4) is 0 Å². The molecule has 0 saturated carbocycles. The number of anilines is 11. The zero-order valence-electron chi connectivity index (χ0n) is 50.5. The Bertz CT molecular complexity index is 4620. The van der Waals surface area contributed by atoms with Crippen LogP contribution in [-0.2, 0) is 0 Å². The fourth-order valence-electron chi connectivity index (χ4n) is 10.6. The highest BCUT2D eigenvalue weighted by Crippen LogP contribution is 2.40. The molecule has 448 valence electrons. The average molecular weight is 1460 g/mol. The molecule has 91 heavy (non-hydrogen) atoms. The summed E-state index contributed by atoms with van der Waals surface area (Å²) in [4.78, 5) is 4.56. The van der Waals surface area contributed by atoms with Crippen LogP contribution in [0.15, 0.2) is 330 Å². The first-order chi connectivity index (χ1) is 44.5. The van der Waals surface area contributed by atoms with E-state index in [0.29, 0.717) is 0 Å². The number of rotatable bonds is 10. The fraction of sp³-hybridized carbons (Fsp3) is 0.0370. The number of hydrogen-bond acceptors (Lipinski definition) is 7. The molecule has 4 N–H and O–H groups in total. The van der Waals surface area contributed by atoms with Crippen LogP contribution < -0.4 is 26.2 Å². The van der Waals surface area contributed by atoms with Crippen molar-refractivity contribution < 1.29 is 0 Å². The number of nitrogen functional groups attached to an aromatic ring is 1. The maximum atomic E-state index is 5.78. The number of thiophene rings is 2. The standard InChI is InChI=1S/C31H24N2S.C19H16BrN.C12H9NS.C12H11N.C7H6BrI/c1-22-18-24(32-23-16-17-31-29(21-23)28-14-8-9-15-30(28)34-31)20-27(19-22)33(25-10-4-2-5-11-25)26-12-6-3-7-13-26;1-15-12-16(20)14-19(13-15)21(17-8-4-2-5-9-17)18-10-6-3-7-11-18;13-8-5-6-12-10(7-8)9-3-1-2-4-11(9)14-12;1-3-7-11(8-4-1)13-12-9-5-2-6-10-12;1-5-2-6(8)4-7(9)3-5/h2-21,32H,1H3;2-14H,1H3;1-7H,13H2;1-10,13H;2-4H,1H3. The van der Waals surface area contributed by atoms with Gasteiger partial charge in [0.1, 0.15) is 0 Å². The quantitative estimate of drug-likeness (QED) is 0.0941. The monoisotopic (exact) mass is 1460 g/mol. The van der Waals surface area contributed by atoms with Crippen molar-refractivity contribution in [3.8, 4) is 0 Å². The Morgan fingerprint density at radius 1 is 0.297 bits per heavy atom. The molecule has 5 nitrogen and oxygen atoms in total. The number of benzene rings is 13. The van der Waals surface area contributed by atoms with Crippen LogP contribution in [0.4, 0.5) is 62.6 Å². The number of fused-ring (bicyclic) bond motifs is 6. The molecule has 2 heterocycles. The van der Waals surface area contributed by atoms with Gasteiger partial charge in [0, 0.05) is 115 Å². The summed E-state index contributed by atoms with van der Waals surface area (Å²) >= 11 is 13.0. The molecule has 0 bridgehead atoms. The second-order valence-corrected chi connectivity index (χ2v) is 26.9. The van der Waals surface area contributed by atoms with Gasteiger partial charge in [-0.3, -0.25) is 0 Å². The number of nitrogens with one attached hydrogen (secondary N) is 2. The van der Waals surface area contributed by atoms with E-state index in [1.54, 1.807) is 0 Å². The Morgan fingerprint density at radius 2 is 0.659 bits per heavy atom. The van der Waals surface area contributed by atoms with Crippen molar-refractivity contribution in [3.05, 3.63) is 351 Å².